The van der Waals surface area contributed by atoms with Gasteiger partial charge in [0.25, 0.3) is 0 Å². The fourth-order valence-corrected chi connectivity index (χ4v) is 3.76. The second-order valence-electron chi connectivity index (χ2n) is 6.78. The average Bonchev–Trinajstić information content (AvgIpc) is 3.21. The van der Waals surface area contributed by atoms with E-state index in [0.717, 1.165) is 11.4 Å². The molecule has 4 aromatic rings. The highest BCUT2D eigenvalue weighted by Crippen LogP contribution is 2.33. The van der Waals surface area contributed by atoms with Crippen molar-refractivity contribution in [2.24, 2.45) is 0 Å². The summed E-state index contributed by atoms with van der Waals surface area (Å²) in [6, 6.07) is 25.9. The Hall–Kier alpha value is -3.32. The Morgan fingerprint density at radius 3 is 1.91 bits per heavy atom. The first-order valence-electron chi connectivity index (χ1n) is 12.3. The largest absolute Gasteiger partial charge is 0.309 e. The van der Waals surface area contributed by atoms with Crippen molar-refractivity contribution in [3.05, 3.63) is 102 Å². The smallest absolute Gasteiger partial charge is 0.0541 e. The van der Waals surface area contributed by atoms with Crippen LogP contribution in [-0.4, -0.2) is 4.57 Å². The van der Waals surface area contributed by atoms with Crippen LogP contribution in [0, 0.1) is 6.92 Å². The Balaban J connectivity index is 0.00000145. The van der Waals surface area contributed by atoms with E-state index in [1.165, 1.54) is 33.2 Å². The number of hydrogen-bond acceptors (Lipinski definition) is 0. The molecule has 0 saturated carbocycles. The first-order valence-corrected chi connectivity index (χ1v) is 12.3. The van der Waals surface area contributed by atoms with Crippen LogP contribution in [0.1, 0.15) is 72.7 Å². The average molecular weight is 456 g/mol. The van der Waals surface area contributed by atoms with E-state index in [1.807, 2.05) is 47.6 Å². The van der Waals surface area contributed by atoms with E-state index < -0.39 is 0 Å². The number of benzene rings is 3. The molecular weight excluding hydrogens is 410 g/mol. The molecular formula is C33H45N. The topological polar surface area (TPSA) is 4.93 Å². The number of para-hydroxylation sites is 1. The lowest BCUT2D eigenvalue weighted by molar-refractivity contribution is 1.11. The molecule has 0 amide bonds. The van der Waals surface area contributed by atoms with Crippen LogP contribution in [0.25, 0.3) is 39.9 Å². The molecule has 0 aliphatic heterocycles. The summed E-state index contributed by atoms with van der Waals surface area (Å²) in [5.74, 6) is 0. The fourth-order valence-electron chi connectivity index (χ4n) is 3.76. The van der Waals surface area contributed by atoms with Crippen LogP contribution in [-0.2, 0) is 0 Å². The first kappa shape index (κ1) is 30.7. The summed E-state index contributed by atoms with van der Waals surface area (Å²) in [6.45, 7) is 20.3. The number of aryl methyl sites for hydroxylation is 1. The van der Waals surface area contributed by atoms with Crippen LogP contribution in [0.15, 0.2) is 85.5 Å². The Bertz CT molecular complexity index is 1160. The normalized spacial score (nSPS) is 9.53. The zero-order valence-corrected chi connectivity index (χ0v) is 21.8. The van der Waals surface area contributed by atoms with Gasteiger partial charge in [-0.05, 0) is 49.2 Å². The van der Waals surface area contributed by atoms with Gasteiger partial charge in [-0.3, -0.25) is 0 Å². The maximum Gasteiger partial charge on any atom is 0.0541 e. The summed E-state index contributed by atoms with van der Waals surface area (Å²) >= 11 is 0. The van der Waals surface area contributed by atoms with E-state index in [9.17, 15) is 0 Å². The zero-order valence-electron chi connectivity index (χ0n) is 21.8. The van der Waals surface area contributed by atoms with E-state index in [2.05, 4.69) is 110 Å². The Morgan fingerprint density at radius 1 is 0.735 bits per heavy atom. The zero-order chi connectivity index (χ0) is 24.8. The fraction of sp³-hybridized carbons (Fsp3) is 0.273. The molecule has 0 fully saturated rings. The minimum absolute atomic E-state index is 0. The van der Waals surface area contributed by atoms with Gasteiger partial charge < -0.3 is 4.57 Å². The van der Waals surface area contributed by atoms with Gasteiger partial charge in [-0.2, -0.15) is 0 Å². The maximum atomic E-state index is 4.09. The number of hydrogen-bond donors (Lipinski definition) is 0. The van der Waals surface area contributed by atoms with Gasteiger partial charge in [-0.1, -0.05) is 128 Å². The van der Waals surface area contributed by atoms with Crippen LogP contribution in [0.4, 0.5) is 0 Å². The van der Waals surface area contributed by atoms with Gasteiger partial charge in [0.05, 0.1) is 11.2 Å². The van der Waals surface area contributed by atoms with Crippen molar-refractivity contribution in [2.45, 2.75) is 62.8 Å². The van der Waals surface area contributed by atoms with Crippen molar-refractivity contribution in [3.63, 3.8) is 0 Å². The van der Waals surface area contributed by atoms with Gasteiger partial charge in [0, 0.05) is 16.6 Å². The molecule has 1 aromatic heterocycles. The van der Waals surface area contributed by atoms with Crippen LogP contribution in [0.3, 0.4) is 0 Å². The van der Waals surface area contributed by atoms with E-state index in [1.54, 1.807) is 0 Å². The van der Waals surface area contributed by atoms with Gasteiger partial charge in [-0.25, -0.2) is 0 Å². The Morgan fingerprint density at radius 2 is 1.32 bits per heavy atom. The molecule has 0 aliphatic rings. The molecule has 4 rings (SSSR count). The molecule has 1 nitrogen and oxygen atoms in total. The standard InChI is InChI=1S/C26H23N.3C2H6.CH4/c1-4-10-23-24-15-6-7-16-26(24)27(25(23)5-2)22-14-9-13-21(18-22)20-12-8-11-19(3)17-20;3*1-2;/h4-18H,2H2,1,3H3;3*1-2H3;1H4/b10-4-;;;;. The second kappa shape index (κ2) is 16.3. The lowest BCUT2D eigenvalue weighted by Gasteiger charge is -2.11. The maximum absolute atomic E-state index is 4.09. The number of aromatic nitrogens is 1. The molecule has 0 atom stereocenters. The summed E-state index contributed by atoms with van der Waals surface area (Å²) < 4.78 is 2.30. The molecule has 3 aromatic carbocycles. The third-order valence-electron chi connectivity index (χ3n) is 4.93. The van der Waals surface area contributed by atoms with Gasteiger partial charge in [0.15, 0.2) is 0 Å². The summed E-state index contributed by atoms with van der Waals surface area (Å²) in [5.41, 5.74) is 8.41. The van der Waals surface area contributed by atoms with Crippen molar-refractivity contribution in [2.75, 3.05) is 0 Å². The van der Waals surface area contributed by atoms with Gasteiger partial charge in [0.1, 0.15) is 0 Å². The number of rotatable bonds is 4. The van der Waals surface area contributed by atoms with Crippen molar-refractivity contribution in [1.29, 1.82) is 0 Å². The molecule has 0 aliphatic carbocycles. The Labute approximate surface area is 209 Å². The van der Waals surface area contributed by atoms with Crippen molar-refractivity contribution < 1.29 is 0 Å². The summed E-state index contributed by atoms with van der Waals surface area (Å²) in [6.07, 6.45) is 6.21. The minimum Gasteiger partial charge on any atom is -0.309 e. The van der Waals surface area contributed by atoms with Crippen LogP contribution in [0.2, 0.25) is 0 Å². The van der Waals surface area contributed by atoms with Gasteiger partial charge in [-0.15, -0.1) is 0 Å². The molecule has 1 heteroatoms. The molecule has 0 N–H and O–H groups in total. The highest BCUT2D eigenvalue weighted by atomic mass is 15.0. The van der Waals surface area contributed by atoms with Crippen LogP contribution in [0.5, 0.6) is 0 Å². The molecule has 0 radical (unpaired) electrons. The molecule has 0 bridgehead atoms. The van der Waals surface area contributed by atoms with Crippen LogP contribution >= 0.6 is 0 Å². The molecule has 182 valence electrons. The summed E-state index contributed by atoms with van der Waals surface area (Å²) in [7, 11) is 0. The highest BCUT2D eigenvalue weighted by molar-refractivity contribution is 5.95. The third-order valence-corrected chi connectivity index (χ3v) is 4.93. The molecule has 0 saturated heterocycles. The third kappa shape index (κ3) is 6.84. The number of nitrogens with zero attached hydrogens (tertiary/aromatic N) is 1. The van der Waals surface area contributed by atoms with E-state index in [4.69, 9.17) is 0 Å². The quantitative estimate of drug-likeness (QED) is 0.288. The summed E-state index contributed by atoms with van der Waals surface area (Å²) in [5, 5.41) is 1.24. The highest BCUT2D eigenvalue weighted by Gasteiger charge is 2.14. The second-order valence-corrected chi connectivity index (χ2v) is 6.78. The van der Waals surface area contributed by atoms with Gasteiger partial charge >= 0.3 is 0 Å². The number of fused-ring (bicyclic) bond motifs is 1. The van der Waals surface area contributed by atoms with E-state index in [0.29, 0.717) is 0 Å². The lowest BCUT2D eigenvalue weighted by Crippen LogP contribution is -1.97. The van der Waals surface area contributed by atoms with E-state index >= 15 is 0 Å². The predicted octanol–water partition coefficient (Wildman–Crippen LogP) is 11.0. The molecule has 34 heavy (non-hydrogen) atoms. The van der Waals surface area contributed by atoms with Crippen molar-refractivity contribution >= 4 is 23.1 Å². The molecule has 1 heterocycles. The first-order chi connectivity index (χ1) is 16.2. The van der Waals surface area contributed by atoms with E-state index in [-0.39, 0.29) is 7.43 Å². The predicted molar refractivity (Wildman–Crippen MR) is 159 cm³/mol. The monoisotopic (exact) mass is 455 g/mol. The molecule has 0 spiro atoms. The van der Waals surface area contributed by atoms with Crippen molar-refractivity contribution in [3.8, 4) is 16.8 Å². The van der Waals surface area contributed by atoms with Gasteiger partial charge in [0.2, 0.25) is 0 Å². The SMILES string of the molecule is C.C=Cc1c(/C=C\C)c2ccccc2n1-c1cccc(-c2cccc(C)c2)c1.CC.CC.CC. The summed E-state index contributed by atoms with van der Waals surface area (Å²) in [4.78, 5) is 0. The minimum atomic E-state index is 0. The number of allylic oxidation sites excluding steroid dienone is 1. The van der Waals surface area contributed by atoms with Crippen molar-refractivity contribution in [1.82, 2.24) is 4.57 Å². The van der Waals surface area contributed by atoms with Crippen LogP contribution < -0.4 is 0 Å². The molecule has 0 unspecified atom stereocenters. The Kier molecular flexibility index (Phi) is 14.7. The lowest BCUT2D eigenvalue weighted by atomic mass is 10.0.